The molecule has 1 N–H and O–H groups in total. The Labute approximate surface area is 170 Å². The van der Waals surface area contributed by atoms with Gasteiger partial charge < -0.3 is 9.47 Å². The summed E-state index contributed by atoms with van der Waals surface area (Å²) >= 11 is 0. The summed E-state index contributed by atoms with van der Waals surface area (Å²) in [7, 11) is 1.59. The Morgan fingerprint density at radius 1 is 1.10 bits per heavy atom. The maximum absolute atomic E-state index is 9.47. The largest absolute Gasteiger partial charge is 0.489 e. The first-order valence-corrected chi connectivity index (χ1v) is 9.15. The number of hydrogen-bond acceptors (Lipinski definition) is 6. The Kier molecular flexibility index (Phi) is 6.93. The highest BCUT2D eigenvalue weighted by molar-refractivity contribution is 5.81. The maximum Gasteiger partial charge on any atom is 0.164 e. The number of methoxy groups -OCH3 is 1. The van der Waals surface area contributed by atoms with Crippen molar-refractivity contribution >= 4 is 12.0 Å². The molecule has 0 bridgehead atoms. The molecule has 0 radical (unpaired) electrons. The second-order valence-corrected chi connectivity index (χ2v) is 6.41. The van der Waals surface area contributed by atoms with E-state index in [1.165, 1.54) is 0 Å². The third-order valence-electron chi connectivity index (χ3n) is 4.13. The molecular weight excluding hydrogens is 364 g/mol. The molecule has 3 rings (SSSR count). The lowest BCUT2D eigenvalue weighted by Crippen LogP contribution is -2.03. The highest BCUT2D eigenvalue weighted by Crippen LogP contribution is 2.19. The predicted octanol–water partition coefficient (Wildman–Crippen LogP) is 4.43. The fourth-order valence-corrected chi connectivity index (χ4v) is 2.81. The average Bonchev–Trinajstić information content (AvgIpc) is 2.73. The van der Waals surface area contributed by atoms with E-state index in [1.807, 2.05) is 67.6 Å². The lowest BCUT2D eigenvalue weighted by Gasteiger charge is -2.09. The molecule has 0 fully saturated rings. The lowest BCUT2D eigenvalue weighted by molar-refractivity contribution is 0.184. The van der Waals surface area contributed by atoms with Gasteiger partial charge in [-0.1, -0.05) is 42.5 Å². The van der Waals surface area contributed by atoms with E-state index in [1.54, 1.807) is 13.3 Å². The molecule has 2 aromatic carbocycles. The Hall–Kier alpha value is -3.69. The zero-order valence-corrected chi connectivity index (χ0v) is 16.4. The smallest absolute Gasteiger partial charge is 0.164 e. The van der Waals surface area contributed by atoms with Crippen molar-refractivity contribution < 1.29 is 9.47 Å². The van der Waals surface area contributed by atoms with Crippen LogP contribution in [0.5, 0.6) is 5.75 Å². The van der Waals surface area contributed by atoms with Gasteiger partial charge in [-0.3, -0.25) is 5.43 Å². The molecule has 3 aromatic rings. The molecule has 0 aliphatic rings. The number of hydrazone groups is 1. The summed E-state index contributed by atoms with van der Waals surface area (Å²) in [5.41, 5.74) is 6.82. The second-order valence-electron chi connectivity index (χ2n) is 6.41. The molecule has 0 unspecified atom stereocenters. The first kappa shape index (κ1) is 20.1. The summed E-state index contributed by atoms with van der Waals surface area (Å²) in [6.45, 7) is 2.70. The number of pyridine rings is 1. The Bertz CT molecular complexity index is 1030. The quantitative estimate of drug-likeness (QED) is 0.457. The van der Waals surface area contributed by atoms with Gasteiger partial charge in [0.05, 0.1) is 12.8 Å². The van der Waals surface area contributed by atoms with Crippen molar-refractivity contribution in [3.63, 3.8) is 0 Å². The minimum Gasteiger partial charge on any atom is -0.489 e. The number of ether oxygens (including phenoxy) is 2. The summed E-state index contributed by atoms with van der Waals surface area (Å²) in [5.74, 6) is 1.17. The third-order valence-corrected chi connectivity index (χ3v) is 4.13. The number of aromatic nitrogens is 1. The van der Waals surface area contributed by atoms with E-state index in [4.69, 9.17) is 9.47 Å². The Morgan fingerprint density at radius 3 is 2.69 bits per heavy atom. The van der Waals surface area contributed by atoms with E-state index in [9.17, 15) is 5.26 Å². The minimum atomic E-state index is 0.339. The standard InChI is InChI=1S/C23H22N4O2/c1-17-11-20(16-28-2)22(13-24)23(26-17)27-25-14-19-9-6-10-21(12-19)29-15-18-7-4-3-5-8-18/h3-12,14H,15-16H2,1-2H3,(H,26,27). The van der Waals surface area contributed by atoms with Gasteiger partial charge in [-0.25, -0.2) is 4.98 Å². The Balaban J connectivity index is 1.69. The maximum atomic E-state index is 9.47. The number of aryl methyl sites for hydroxylation is 1. The van der Waals surface area contributed by atoms with E-state index < -0.39 is 0 Å². The van der Waals surface area contributed by atoms with Crippen LogP contribution < -0.4 is 10.2 Å². The van der Waals surface area contributed by atoms with Gasteiger partial charge in [0.15, 0.2) is 5.82 Å². The molecule has 0 aliphatic heterocycles. The zero-order chi connectivity index (χ0) is 20.5. The number of hydrogen-bond donors (Lipinski definition) is 1. The van der Waals surface area contributed by atoms with Crippen molar-refractivity contribution in [2.45, 2.75) is 20.1 Å². The lowest BCUT2D eigenvalue weighted by atomic mass is 10.1. The molecule has 29 heavy (non-hydrogen) atoms. The van der Waals surface area contributed by atoms with Gasteiger partial charge in [-0.2, -0.15) is 10.4 Å². The van der Waals surface area contributed by atoms with Crippen LogP contribution in [0.15, 0.2) is 65.8 Å². The van der Waals surface area contributed by atoms with Gasteiger partial charge in [0.1, 0.15) is 24.0 Å². The molecule has 0 saturated carbocycles. The van der Waals surface area contributed by atoms with Crippen molar-refractivity contribution in [2.24, 2.45) is 5.10 Å². The molecule has 0 amide bonds. The summed E-state index contributed by atoms with van der Waals surface area (Å²) in [4.78, 5) is 4.37. The molecule has 1 aromatic heterocycles. The number of nitrogens with one attached hydrogen (secondary N) is 1. The first-order chi connectivity index (χ1) is 14.2. The van der Waals surface area contributed by atoms with Crippen LogP contribution in [0.25, 0.3) is 0 Å². The Morgan fingerprint density at radius 2 is 1.93 bits per heavy atom. The SMILES string of the molecule is COCc1cc(C)nc(NN=Cc2cccc(OCc3ccccc3)c2)c1C#N. The molecule has 0 saturated heterocycles. The van der Waals surface area contributed by atoms with Gasteiger partial charge in [-0.05, 0) is 36.2 Å². The van der Waals surface area contributed by atoms with Crippen molar-refractivity contribution in [3.8, 4) is 11.8 Å². The van der Waals surface area contributed by atoms with Crippen molar-refractivity contribution in [3.05, 3.63) is 88.6 Å². The highest BCUT2D eigenvalue weighted by Gasteiger charge is 2.10. The van der Waals surface area contributed by atoms with Gasteiger partial charge >= 0.3 is 0 Å². The van der Waals surface area contributed by atoms with Crippen LogP contribution in [0.2, 0.25) is 0 Å². The monoisotopic (exact) mass is 386 g/mol. The van der Waals surface area contributed by atoms with E-state index in [0.29, 0.717) is 24.6 Å². The molecule has 0 spiro atoms. The fraction of sp³-hybridized carbons (Fsp3) is 0.174. The third kappa shape index (κ3) is 5.64. The van der Waals surface area contributed by atoms with Crippen molar-refractivity contribution in [1.82, 2.24) is 4.98 Å². The van der Waals surface area contributed by atoms with Gasteiger partial charge in [0.25, 0.3) is 0 Å². The highest BCUT2D eigenvalue weighted by atomic mass is 16.5. The minimum absolute atomic E-state index is 0.339. The number of anilines is 1. The number of benzene rings is 2. The molecule has 0 atom stereocenters. The first-order valence-electron chi connectivity index (χ1n) is 9.15. The topological polar surface area (TPSA) is 79.5 Å². The van der Waals surface area contributed by atoms with Crippen molar-refractivity contribution in [1.29, 1.82) is 5.26 Å². The summed E-state index contributed by atoms with van der Waals surface area (Å²) in [6.07, 6.45) is 1.66. The molecule has 6 heteroatoms. The van der Waals surface area contributed by atoms with E-state index >= 15 is 0 Å². The predicted molar refractivity (Wildman–Crippen MR) is 113 cm³/mol. The average molecular weight is 386 g/mol. The number of nitrogens with zero attached hydrogens (tertiary/aromatic N) is 3. The summed E-state index contributed by atoms with van der Waals surface area (Å²) in [5, 5.41) is 13.7. The van der Waals surface area contributed by atoms with Crippen LogP contribution in [0.4, 0.5) is 5.82 Å². The van der Waals surface area contributed by atoms with Crippen LogP contribution in [0.3, 0.4) is 0 Å². The van der Waals surface area contributed by atoms with E-state index in [0.717, 1.165) is 28.1 Å². The fourth-order valence-electron chi connectivity index (χ4n) is 2.81. The van der Waals surface area contributed by atoms with Crippen molar-refractivity contribution in [2.75, 3.05) is 12.5 Å². The molecule has 6 nitrogen and oxygen atoms in total. The molecule has 0 aliphatic carbocycles. The second kappa shape index (κ2) is 10.0. The van der Waals surface area contributed by atoms with Crippen LogP contribution in [-0.2, 0) is 18.0 Å². The molecule has 146 valence electrons. The van der Waals surface area contributed by atoms with Gasteiger partial charge in [-0.15, -0.1) is 0 Å². The molecular formula is C23H22N4O2. The summed E-state index contributed by atoms with van der Waals surface area (Å²) < 4.78 is 11.0. The van der Waals surface area contributed by atoms with Crippen LogP contribution in [0.1, 0.15) is 27.9 Å². The van der Waals surface area contributed by atoms with Gasteiger partial charge in [0, 0.05) is 18.4 Å². The van der Waals surface area contributed by atoms with E-state index in [-0.39, 0.29) is 0 Å². The van der Waals surface area contributed by atoms with Gasteiger partial charge in [0.2, 0.25) is 0 Å². The number of rotatable bonds is 8. The van der Waals surface area contributed by atoms with E-state index in [2.05, 4.69) is 21.6 Å². The summed E-state index contributed by atoms with van der Waals surface area (Å²) in [6, 6.07) is 21.6. The van der Waals surface area contributed by atoms with Crippen LogP contribution >= 0.6 is 0 Å². The van der Waals surface area contributed by atoms with Crippen LogP contribution in [-0.4, -0.2) is 18.3 Å². The van der Waals surface area contributed by atoms with Crippen LogP contribution in [0, 0.1) is 18.3 Å². The number of nitriles is 1. The zero-order valence-electron chi connectivity index (χ0n) is 16.4. The molecule has 1 heterocycles. The normalized spacial score (nSPS) is 10.7.